The molecule has 0 unspecified atom stereocenters. The monoisotopic (exact) mass is 395 g/mol. The highest BCUT2D eigenvalue weighted by molar-refractivity contribution is 6.33. The van der Waals surface area contributed by atoms with Crippen LogP contribution in [0.2, 0.25) is 5.02 Å². The Labute approximate surface area is 156 Å². The van der Waals surface area contributed by atoms with E-state index in [1.54, 1.807) is 25.1 Å². The van der Waals surface area contributed by atoms with Crippen LogP contribution in [0.1, 0.15) is 12.5 Å². The van der Waals surface area contributed by atoms with Crippen LogP contribution in [0.3, 0.4) is 0 Å². The highest BCUT2D eigenvalue weighted by Gasteiger charge is 2.30. The predicted molar refractivity (Wildman–Crippen MR) is 94.7 cm³/mol. The first-order valence-electron chi connectivity index (χ1n) is 7.87. The molecule has 3 rings (SSSR count). The maximum atomic E-state index is 12.7. The number of ether oxygens (including phenoxy) is 1. The number of aromatic nitrogens is 3. The molecule has 0 radical (unpaired) electrons. The topological polar surface area (TPSA) is 67.9 Å². The number of alkyl halides is 3. The lowest BCUT2D eigenvalue weighted by Crippen LogP contribution is -2.15. The summed E-state index contributed by atoms with van der Waals surface area (Å²) in [6, 6.07) is 9.18. The molecule has 0 bridgehead atoms. The van der Waals surface area contributed by atoms with Gasteiger partial charge in [0.25, 0.3) is 0 Å². The highest BCUT2D eigenvalue weighted by Crippen LogP contribution is 2.35. The minimum Gasteiger partial charge on any atom is -0.493 e. The molecule has 1 heterocycles. The summed E-state index contributed by atoms with van der Waals surface area (Å²) in [7, 11) is 0. The second-order valence-electron chi connectivity index (χ2n) is 5.45. The van der Waals surface area contributed by atoms with Gasteiger partial charge < -0.3 is 4.74 Å². The molecule has 0 aliphatic rings. The van der Waals surface area contributed by atoms with Crippen molar-refractivity contribution in [1.82, 2.24) is 15.0 Å². The number of H-pyrrole nitrogens is 1. The normalized spacial score (nSPS) is 11.4. The molecule has 2 aromatic carbocycles. The average molecular weight is 396 g/mol. The van der Waals surface area contributed by atoms with E-state index in [0.717, 1.165) is 12.1 Å². The molecule has 9 heteroatoms. The fourth-order valence-electron chi connectivity index (χ4n) is 2.45. The molecule has 0 saturated heterocycles. The smallest absolute Gasteiger partial charge is 0.416 e. The number of aromatic amines is 1. The third kappa shape index (κ3) is 4.11. The number of hydrogen-bond acceptors (Lipinski definition) is 4. The minimum atomic E-state index is -4.46. The van der Waals surface area contributed by atoms with Crippen LogP contribution in [0.15, 0.2) is 47.3 Å². The Morgan fingerprint density at radius 1 is 1.11 bits per heavy atom. The van der Waals surface area contributed by atoms with Crippen LogP contribution in [0.4, 0.5) is 13.2 Å². The zero-order valence-corrected chi connectivity index (χ0v) is 14.7. The summed E-state index contributed by atoms with van der Waals surface area (Å²) in [5.41, 5.74) is -0.882. The second-order valence-corrected chi connectivity index (χ2v) is 5.85. The number of nitrogens with one attached hydrogen (secondary N) is 1. The van der Waals surface area contributed by atoms with Crippen LogP contribution < -0.4 is 10.4 Å². The van der Waals surface area contributed by atoms with Crippen LogP contribution in [0.25, 0.3) is 22.8 Å². The molecule has 0 aliphatic heterocycles. The summed E-state index contributed by atoms with van der Waals surface area (Å²) in [5, 5.41) is 0.300. The van der Waals surface area contributed by atoms with Crippen molar-refractivity contribution < 1.29 is 17.9 Å². The van der Waals surface area contributed by atoms with Crippen molar-refractivity contribution in [3.8, 4) is 28.5 Å². The molecule has 5 nitrogen and oxygen atoms in total. The lowest BCUT2D eigenvalue weighted by molar-refractivity contribution is -0.137. The van der Waals surface area contributed by atoms with Gasteiger partial charge in [-0.15, -0.1) is 0 Å². The zero-order valence-electron chi connectivity index (χ0n) is 14.0. The van der Waals surface area contributed by atoms with Crippen LogP contribution in [-0.2, 0) is 6.18 Å². The molecule has 0 atom stereocenters. The average Bonchev–Trinajstić information content (AvgIpc) is 2.61. The number of benzene rings is 2. The van der Waals surface area contributed by atoms with Gasteiger partial charge in [0.1, 0.15) is 11.6 Å². The van der Waals surface area contributed by atoms with Gasteiger partial charge >= 0.3 is 11.9 Å². The van der Waals surface area contributed by atoms with Gasteiger partial charge in [-0.1, -0.05) is 29.8 Å². The third-order valence-electron chi connectivity index (χ3n) is 3.63. The van der Waals surface area contributed by atoms with Crippen molar-refractivity contribution in [3.63, 3.8) is 0 Å². The van der Waals surface area contributed by atoms with Crippen molar-refractivity contribution >= 4 is 11.6 Å². The molecule has 27 heavy (non-hydrogen) atoms. The Bertz CT molecular complexity index is 1020. The Kier molecular flexibility index (Phi) is 5.18. The summed E-state index contributed by atoms with van der Waals surface area (Å²) in [6.07, 6.45) is -4.46. The minimum absolute atomic E-state index is 0.0233. The van der Waals surface area contributed by atoms with E-state index in [0.29, 0.717) is 22.9 Å². The van der Waals surface area contributed by atoms with E-state index in [1.165, 1.54) is 12.1 Å². The summed E-state index contributed by atoms with van der Waals surface area (Å²) in [4.78, 5) is 22.5. The van der Waals surface area contributed by atoms with Gasteiger partial charge in [-0.3, -0.25) is 4.98 Å². The molecule has 0 amide bonds. The van der Waals surface area contributed by atoms with Crippen molar-refractivity contribution in [2.45, 2.75) is 13.1 Å². The third-order valence-corrected chi connectivity index (χ3v) is 3.95. The Morgan fingerprint density at radius 2 is 1.81 bits per heavy atom. The number of rotatable bonds is 4. The Morgan fingerprint density at radius 3 is 2.44 bits per heavy atom. The van der Waals surface area contributed by atoms with Gasteiger partial charge in [-0.25, -0.2) is 9.78 Å². The van der Waals surface area contributed by atoms with E-state index in [4.69, 9.17) is 16.3 Å². The lowest BCUT2D eigenvalue weighted by atomic mass is 10.1. The fraction of sp³-hybridized carbons (Fsp3) is 0.167. The van der Waals surface area contributed by atoms with Gasteiger partial charge in [0, 0.05) is 5.56 Å². The molecule has 140 valence electrons. The summed E-state index contributed by atoms with van der Waals surface area (Å²) in [6.45, 7) is 2.16. The van der Waals surface area contributed by atoms with Gasteiger partial charge in [-0.2, -0.15) is 18.2 Å². The van der Waals surface area contributed by atoms with Gasteiger partial charge in [0.2, 0.25) is 0 Å². The standard InChI is InChI=1S/C18H13ClF3N3O2/c1-2-27-13-5-3-4-12(19)14(13)16-23-15(24-17(26)25-16)10-6-8-11(9-7-10)18(20,21)22/h3-9H,2H2,1H3,(H,23,24,25,26). The van der Waals surface area contributed by atoms with Crippen LogP contribution >= 0.6 is 11.6 Å². The van der Waals surface area contributed by atoms with E-state index in [9.17, 15) is 18.0 Å². The molecular formula is C18H13ClF3N3O2. The van der Waals surface area contributed by atoms with Crippen molar-refractivity contribution in [3.05, 3.63) is 63.5 Å². The largest absolute Gasteiger partial charge is 0.493 e. The van der Waals surface area contributed by atoms with Gasteiger partial charge in [0.15, 0.2) is 5.82 Å². The van der Waals surface area contributed by atoms with Crippen molar-refractivity contribution in [2.24, 2.45) is 0 Å². The number of halogens is 4. The first-order chi connectivity index (χ1) is 12.8. The van der Waals surface area contributed by atoms with E-state index < -0.39 is 17.4 Å². The lowest BCUT2D eigenvalue weighted by Gasteiger charge is -2.12. The zero-order chi connectivity index (χ0) is 19.6. The molecule has 0 spiro atoms. The molecule has 0 fully saturated rings. The number of nitrogens with zero attached hydrogens (tertiary/aromatic N) is 2. The summed E-state index contributed by atoms with van der Waals surface area (Å²) in [5.74, 6) is 0.501. The summed E-state index contributed by atoms with van der Waals surface area (Å²) < 4.78 is 43.7. The maximum Gasteiger partial charge on any atom is 0.416 e. The maximum absolute atomic E-state index is 12.7. The van der Waals surface area contributed by atoms with Crippen LogP contribution in [0, 0.1) is 0 Å². The van der Waals surface area contributed by atoms with Crippen LogP contribution in [-0.4, -0.2) is 21.6 Å². The van der Waals surface area contributed by atoms with Gasteiger partial charge in [0.05, 0.1) is 22.8 Å². The Hall–Kier alpha value is -2.87. The SMILES string of the molecule is CCOc1cccc(Cl)c1-c1nc(-c2ccc(C(F)(F)F)cc2)nc(=O)[nH]1. The van der Waals surface area contributed by atoms with E-state index in [2.05, 4.69) is 15.0 Å². The molecule has 1 N–H and O–H groups in total. The second kappa shape index (κ2) is 7.40. The van der Waals surface area contributed by atoms with Crippen LogP contribution in [0.5, 0.6) is 5.75 Å². The van der Waals surface area contributed by atoms with E-state index in [1.807, 2.05) is 0 Å². The molecule has 1 aromatic heterocycles. The highest BCUT2D eigenvalue weighted by atomic mass is 35.5. The van der Waals surface area contributed by atoms with Gasteiger partial charge in [-0.05, 0) is 31.2 Å². The molecule has 3 aromatic rings. The molecular weight excluding hydrogens is 383 g/mol. The van der Waals surface area contributed by atoms with E-state index >= 15 is 0 Å². The van der Waals surface area contributed by atoms with E-state index in [-0.39, 0.29) is 17.2 Å². The molecule has 0 aliphatic carbocycles. The van der Waals surface area contributed by atoms with Crippen molar-refractivity contribution in [1.29, 1.82) is 0 Å². The molecule has 0 saturated carbocycles. The number of hydrogen-bond donors (Lipinski definition) is 1. The first kappa shape index (κ1) is 18.9. The van der Waals surface area contributed by atoms with Crippen molar-refractivity contribution in [2.75, 3.05) is 6.61 Å². The first-order valence-corrected chi connectivity index (χ1v) is 8.25. The summed E-state index contributed by atoms with van der Waals surface area (Å²) >= 11 is 6.23. The fourth-order valence-corrected chi connectivity index (χ4v) is 2.71. The predicted octanol–water partition coefficient (Wildman–Crippen LogP) is 4.57. The quantitative estimate of drug-likeness (QED) is 0.702. The Balaban J connectivity index is 2.10.